The molecule has 5 nitrogen and oxygen atoms in total. The number of rotatable bonds is 4. The van der Waals surface area contributed by atoms with Crippen molar-refractivity contribution in [3.63, 3.8) is 0 Å². The van der Waals surface area contributed by atoms with Crippen molar-refractivity contribution in [2.75, 3.05) is 13.6 Å². The molecule has 2 aromatic rings. The van der Waals surface area contributed by atoms with Gasteiger partial charge >= 0.3 is 0 Å². The molecule has 108 valence electrons. The minimum atomic E-state index is 0.303. The molecule has 1 aromatic carbocycles. The van der Waals surface area contributed by atoms with E-state index in [-0.39, 0.29) is 0 Å². The van der Waals surface area contributed by atoms with Crippen molar-refractivity contribution in [3.05, 3.63) is 47.3 Å². The van der Waals surface area contributed by atoms with Crippen LogP contribution in [0.15, 0.2) is 30.3 Å². The lowest BCUT2D eigenvalue weighted by atomic mass is 10.1. The Bertz CT molecular complexity index is 657. The molecule has 0 fully saturated rings. The summed E-state index contributed by atoms with van der Waals surface area (Å²) in [4.78, 5) is 2.27. The highest BCUT2D eigenvalue weighted by molar-refractivity contribution is 5.30. The zero-order valence-electron chi connectivity index (χ0n) is 12.1. The largest absolute Gasteiger partial charge is 0.487 e. The second-order valence-electron chi connectivity index (χ2n) is 5.28. The molecule has 0 amide bonds. The van der Waals surface area contributed by atoms with Crippen LogP contribution >= 0.6 is 0 Å². The van der Waals surface area contributed by atoms with Crippen LogP contribution in [0, 0.1) is 11.3 Å². The molecule has 0 unspecified atom stereocenters. The highest BCUT2D eigenvalue weighted by atomic mass is 16.5. The van der Waals surface area contributed by atoms with E-state index in [2.05, 4.69) is 23.1 Å². The predicted octanol–water partition coefficient (Wildman–Crippen LogP) is 1.97. The smallest absolute Gasteiger partial charge is 0.132 e. The maximum Gasteiger partial charge on any atom is 0.132 e. The third-order valence-corrected chi connectivity index (χ3v) is 3.75. The quantitative estimate of drug-likeness (QED) is 0.860. The Balaban J connectivity index is 1.83. The summed E-state index contributed by atoms with van der Waals surface area (Å²) in [6.45, 7) is 2.62. The van der Waals surface area contributed by atoms with Gasteiger partial charge in [0, 0.05) is 30.8 Å². The van der Waals surface area contributed by atoms with Gasteiger partial charge in [-0.2, -0.15) is 10.4 Å². The van der Waals surface area contributed by atoms with E-state index in [0.717, 1.165) is 31.0 Å². The average molecular weight is 282 g/mol. The van der Waals surface area contributed by atoms with Gasteiger partial charge in [0.25, 0.3) is 0 Å². The Morgan fingerprint density at radius 2 is 2.14 bits per heavy atom. The van der Waals surface area contributed by atoms with Crippen LogP contribution in [-0.4, -0.2) is 28.3 Å². The molecule has 1 aliphatic heterocycles. The fourth-order valence-corrected chi connectivity index (χ4v) is 2.68. The summed E-state index contributed by atoms with van der Waals surface area (Å²) >= 11 is 0. The third kappa shape index (κ3) is 2.91. The molecule has 5 heteroatoms. The Morgan fingerprint density at radius 3 is 2.90 bits per heavy atom. The van der Waals surface area contributed by atoms with Gasteiger partial charge in [0.1, 0.15) is 24.6 Å². The second-order valence-corrected chi connectivity index (χ2v) is 5.28. The highest BCUT2D eigenvalue weighted by Crippen LogP contribution is 2.23. The Morgan fingerprint density at radius 1 is 1.33 bits per heavy atom. The van der Waals surface area contributed by atoms with Crippen molar-refractivity contribution in [2.24, 2.45) is 0 Å². The minimum absolute atomic E-state index is 0.303. The van der Waals surface area contributed by atoms with Crippen molar-refractivity contribution in [1.82, 2.24) is 14.7 Å². The Hall–Kier alpha value is -2.32. The first kappa shape index (κ1) is 13.7. The number of benzene rings is 1. The lowest BCUT2D eigenvalue weighted by molar-refractivity contribution is 0.287. The lowest BCUT2D eigenvalue weighted by Crippen LogP contribution is -2.27. The van der Waals surface area contributed by atoms with Gasteiger partial charge in [-0.1, -0.05) is 18.2 Å². The van der Waals surface area contributed by atoms with Crippen molar-refractivity contribution < 1.29 is 4.74 Å². The fourth-order valence-electron chi connectivity index (χ4n) is 2.68. The number of nitriles is 1. The summed E-state index contributed by atoms with van der Waals surface area (Å²) in [6.07, 6.45) is 0.936. The van der Waals surface area contributed by atoms with Gasteiger partial charge in [0.15, 0.2) is 0 Å². The number of para-hydroxylation sites is 1. The van der Waals surface area contributed by atoms with E-state index in [1.54, 1.807) is 0 Å². The molecule has 0 bridgehead atoms. The van der Waals surface area contributed by atoms with E-state index in [1.807, 2.05) is 35.0 Å². The molecule has 0 atom stereocenters. The number of fused-ring (bicyclic) bond motifs is 1. The molecule has 0 N–H and O–H groups in total. The van der Waals surface area contributed by atoms with Gasteiger partial charge in [-0.3, -0.25) is 4.68 Å². The van der Waals surface area contributed by atoms with Crippen molar-refractivity contribution in [2.45, 2.75) is 26.1 Å². The average Bonchev–Trinajstić information content (AvgIpc) is 2.84. The lowest BCUT2D eigenvalue weighted by Gasteiger charge is -2.23. The van der Waals surface area contributed by atoms with Crippen molar-refractivity contribution in [1.29, 1.82) is 5.26 Å². The van der Waals surface area contributed by atoms with Gasteiger partial charge in [0.05, 0.1) is 6.07 Å². The maximum absolute atomic E-state index is 8.94. The van der Waals surface area contributed by atoms with Crippen LogP contribution in [0.1, 0.15) is 17.0 Å². The Kier molecular flexibility index (Phi) is 3.89. The number of aromatic nitrogens is 2. The predicted molar refractivity (Wildman–Crippen MR) is 78.7 cm³/mol. The molecule has 21 heavy (non-hydrogen) atoms. The molecular weight excluding hydrogens is 264 g/mol. The monoisotopic (exact) mass is 282 g/mol. The Labute approximate surface area is 124 Å². The molecule has 0 radical (unpaired) electrons. The van der Waals surface area contributed by atoms with Gasteiger partial charge in [-0.05, 0) is 19.2 Å². The summed E-state index contributed by atoms with van der Waals surface area (Å²) in [5, 5.41) is 13.5. The second kappa shape index (κ2) is 5.98. The van der Waals surface area contributed by atoms with Crippen LogP contribution < -0.4 is 4.74 Å². The summed E-state index contributed by atoms with van der Waals surface area (Å²) in [6, 6.07) is 11.9. The first-order valence-electron chi connectivity index (χ1n) is 7.08. The number of hydrogen-bond donors (Lipinski definition) is 0. The zero-order chi connectivity index (χ0) is 14.7. The molecule has 3 rings (SSSR count). The van der Waals surface area contributed by atoms with Gasteiger partial charge in [-0.15, -0.1) is 0 Å². The summed E-state index contributed by atoms with van der Waals surface area (Å²) < 4.78 is 7.63. The van der Waals surface area contributed by atoms with Gasteiger partial charge in [-0.25, -0.2) is 0 Å². The van der Waals surface area contributed by atoms with Gasteiger partial charge in [0.2, 0.25) is 0 Å². The van der Waals surface area contributed by atoms with E-state index in [0.29, 0.717) is 13.2 Å². The van der Waals surface area contributed by atoms with Crippen LogP contribution in [0.2, 0.25) is 0 Å². The van der Waals surface area contributed by atoms with Crippen LogP contribution in [0.4, 0.5) is 0 Å². The summed E-state index contributed by atoms with van der Waals surface area (Å²) in [7, 11) is 2.10. The third-order valence-electron chi connectivity index (χ3n) is 3.75. The van der Waals surface area contributed by atoms with Crippen LogP contribution in [-0.2, 0) is 26.1 Å². The van der Waals surface area contributed by atoms with Crippen molar-refractivity contribution in [3.8, 4) is 11.8 Å². The zero-order valence-corrected chi connectivity index (χ0v) is 12.1. The summed E-state index contributed by atoms with van der Waals surface area (Å²) in [5.74, 6) is 0.838. The normalized spacial score (nSPS) is 14.5. The van der Waals surface area contributed by atoms with Gasteiger partial charge < -0.3 is 9.64 Å². The fraction of sp³-hybridized carbons (Fsp3) is 0.375. The number of ether oxygens (including phenoxy) is 1. The van der Waals surface area contributed by atoms with Crippen molar-refractivity contribution >= 4 is 0 Å². The molecule has 1 aliphatic rings. The topological polar surface area (TPSA) is 54.1 Å². The molecule has 2 heterocycles. The molecule has 0 spiro atoms. The first-order chi connectivity index (χ1) is 10.3. The molecule has 1 aromatic heterocycles. The molecular formula is C16H18N4O. The first-order valence-corrected chi connectivity index (χ1v) is 7.08. The molecule has 0 aliphatic carbocycles. The maximum atomic E-state index is 8.94. The van der Waals surface area contributed by atoms with E-state index in [9.17, 15) is 0 Å². The van der Waals surface area contributed by atoms with E-state index < -0.39 is 0 Å². The highest BCUT2D eigenvalue weighted by Gasteiger charge is 2.23. The number of likely N-dealkylation sites (N-methyl/N-ethyl adjacent to an activating group) is 1. The molecule has 0 saturated heterocycles. The van der Waals surface area contributed by atoms with E-state index in [4.69, 9.17) is 10.00 Å². The van der Waals surface area contributed by atoms with E-state index >= 15 is 0 Å². The van der Waals surface area contributed by atoms with Crippen LogP contribution in [0.3, 0.4) is 0 Å². The standard InChI is InChI=1S/C16H18N4O/c1-19-9-7-16-14(11-19)15(18-20(16)10-8-17)12-21-13-5-3-2-4-6-13/h2-6H,7,9-12H2,1H3. The SMILES string of the molecule is CN1CCc2c(c(COc3ccccc3)nn2CC#N)C1. The minimum Gasteiger partial charge on any atom is -0.487 e. The van der Waals surface area contributed by atoms with E-state index in [1.165, 1.54) is 11.3 Å². The molecule has 0 saturated carbocycles. The summed E-state index contributed by atoms with van der Waals surface area (Å²) in [5.41, 5.74) is 3.34. The van der Waals surface area contributed by atoms with Crippen LogP contribution in [0.5, 0.6) is 5.75 Å². The number of hydrogen-bond acceptors (Lipinski definition) is 4. The van der Waals surface area contributed by atoms with Crippen LogP contribution in [0.25, 0.3) is 0 Å². The number of nitrogens with zero attached hydrogens (tertiary/aromatic N) is 4.